The van der Waals surface area contributed by atoms with Gasteiger partial charge in [0.2, 0.25) is 6.29 Å². The van der Waals surface area contributed by atoms with Crippen molar-refractivity contribution in [2.24, 2.45) is 5.73 Å². The number of nitrogens with two attached hydrogens (primary N) is 1. The molecule has 132 valence electrons. The van der Waals surface area contributed by atoms with Crippen molar-refractivity contribution in [1.82, 2.24) is 9.55 Å². The van der Waals surface area contributed by atoms with Gasteiger partial charge < -0.3 is 15.9 Å². The number of rotatable bonds is 5. The smallest absolute Gasteiger partial charge is 0.350 e. The fraction of sp³-hybridized carbons (Fsp3) is 0.188. The number of aliphatic hydroxyl groups is 2. The third-order valence-corrected chi connectivity index (χ3v) is 5.18. The van der Waals surface area contributed by atoms with Gasteiger partial charge in [0, 0.05) is 11.9 Å². The van der Waals surface area contributed by atoms with E-state index in [9.17, 15) is 8.78 Å². The number of halogens is 3. The van der Waals surface area contributed by atoms with Crippen molar-refractivity contribution in [3.05, 3.63) is 52.8 Å². The predicted molar refractivity (Wildman–Crippen MR) is 95.7 cm³/mol. The van der Waals surface area contributed by atoms with E-state index >= 15 is 0 Å². The molecule has 4 N–H and O–H groups in total. The maximum atomic E-state index is 13.7. The number of aliphatic hydroxyl groups excluding tert-OH is 1. The Morgan fingerprint density at radius 2 is 1.88 bits per heavy atom. The standard InChI is InChI=1S/C16H14BrF2N3O2S/c17-13-8-21-15(25-16(18,19)14(23)24)22(13)12-6-5-9(7-20)10-3-1-2-4-11(10)12/h1-6,8,14,23-24H,7,20H2. The van der Waals surface area contributed by atoms with Gasteiger partial charge in [-0.2, -0.15) is 8.78 Å². The summed E-state index contributed by atoms with van der Waals surface area (Å²) >= 11 is 3.29. The Morgan fingerprint density at radius 1 is 1.20 bits per heavy atom. The molecule has 5 nitrogen and oxygen atoms in total. The lowest BCUT2D eigenvalue weighted by Gasteiger charge is -2.19. The van der Waals surface area contributed by atoms with E-state index in [0.29, 0.717) is 16.8 Å². The number of fused-ring (bicyclic) bond motifs is 1. The first kappa shape index (κ1) is 18.3. The number of aromatic nitrogens is 2. The van der Waals surface area contributed by atoms with Crippen molar-refractivity contribution in [2.75, 3.05) is 0 Å². The highest BCUT2D eigenvalue weighted by Gasteiger charge is 2.40. The number of benzene rings is 2. The molecule has 3 aromatic rings. The Bertz CT molecular complexity index is 918. The van der Waals surface area contributed by atoms with Gasteiger partial charge in [0.1, 0.15) is 4.60 Å². The SMILES string of the molecule is NCc1ccc(-n2c(Br)cnc2SC(F)(F)C(O)O)c2ccccc12. The summed E-state index contributed by atoms with van der Waals surface area (Å²) in [7, 11) is 0. The molecule has 0 spiro atoms. The van der Waals surface area contributed by atoms with Crippen LogP contribution in [0.5, 0.6) is 0 Å². The molecular formula is C16H14BrF2N3O2S. The number of nitrogens with zero attached hydrogens (tertiary/aromatic N) is 2. The molecule has 0 saturated heterocycles. The lowest BCUT2D eigenvalue weighted by Crippen LogP contribution is -2.29. The van der Waals surface area contributed by atoms with Gasteiger partial charge >= 0.3 is 5.25 Å². The molecule has 1 heterocycles. The summed E-state index contributed by atoms with van der Waals surface area (Å²) in [6, 6.07) is 11.1. The molecule has 3 rings (SSSR count). The zero-order chi connectivity index (χ0) is 18.2. The van der Waals surface area contributed by atoms with E-state index in [4.69, 9.17) is 15.9 Å². The molecule has 0 saturated carbocycles. The highest BCUT2D eigenvalue weighted by molar-refractivity contribution is 9.10. The molecule has 1 aromatic heterocycles. The zero-order valence-electron chi connectivity index (χ0n) is 12.7. The normalized spacial score (nSPS) is 12.3. The summed E-state index contributed by atoms with van der Waals surface area (Å²) < 4.78 is 29.4. The van der Waals surface area contributed by atoms with E-state index in [1.165, 1.54) is 10.8 Å². The Kier molecular flexibility index (Phi) is 5.12. The second-order valence-electron chi connectivity index (χ2n) is 5.23. The summed E-state index contributed by atoms with van der Waals surface area (Å²) in [6.07, 6.45) is -1.41. The van der Waals surface area contributed by atoms with Crippen molar-refractivity contribution in [2.45, 2.75) is 23.2 Å². The molecule has 0 aliphatic rings. The lowest BCUT2D eigenvalue weighted by atomic mass is 10.0. The molecule has 0 fully saturated rings. The first-order valence-corrected chi connectivity index (χ1v) is 8.83. The molecule has 9 heteroatoms. The van der Waals surface area contributed by atoms with Crippen LogP contribution in [0.3, 0.4) is 0 Å². The van der Waals surface area contributed by atoms with Crippen LogP contribution in [0.15, 0.2) is 52.4 Å². The van der Waals surface area contributed by atoms with E-state index in [1.807, 2.05) is 30.3 Å². The van der Waals surface area contributed by atoms with Crippen LogP contribution in [-0.2, 0) is 6.54 Å². The largest absolute Gasteiger partial charge is 0.363 e. The molecule has 0 bridgehead atoms. The Labute approximate surface area is 154 Å². The minimum atomic E-state index is -3.80. The van der Waals surface area contributed by atoms with Crippen LogP contribution in [-0.4, -0.2) is 31.3 Å². The van der Waals surface area contributed by atoms with E-state index in [0.717, 1.165) is 16.3 Å². The van der Waals surface area contributed by atoms with Gasteiger partial charge in [0.05, 0.1) is 11.9 Å². The molecule has 0 radical (unpaired) electrons. The third kappa shape index (κ3) is 3.42. The van der Waals surface area contributed by atoms with Gasteiger partial charge in [0.15, 0.2) is 5.16 Å². The molecule has 0 aliphatic carbocycles. The Balaban J connectivity index is 2.19. The topological polar surface area (TPSA) is 84.3 Å². The lowest BCUT2D eigenvalue weighted by molar-refractivity contribution is -0.157. The van der Waals surface area contributed by atoms with Crippen LogP contribution in [0.4, 0.5) is 8.78 Å². The van der Waals surface area contributed by atoms with Gasteiger partial charge in [0.25, 0.3) is 0 Å². The number of hydrogen-bond acceptors (Lipinski definition) is 5. The maximum Gasteiger partial charge on any atom is 0.350 e. The average Bonchev–Trinajstić information content (AvgIpc) is 2.93. The maximum absolute atomic E-state index is 13.7. The van der Waals surface area contributed by atoms with Crippen molar-refractivity contribution in [3.8, 4) is 5.69 Å². The van der Waals surface area contributed by atoms with Gasteiger partial charge in [-0.15, -0.1) is 0 Å². The highest BCUT2D eigenvalue weighted by Crippen LogP contribution is 2.40. The quantitative estimate of drug-likeness (QED) is 0.428. The van der Waals surface area contributed by atoms with Crippen molar-refractivity contribution in [1.29, 1.82) is 0 Å². The average molecular weight is 430 g/mol. The number of alkyl halides is 2. The number of thioether (sulfide) groups is 1. The summed E-state index contributed by atoms with van der Waals surface area (Å²) in [4.78, 5) is 3.96. The van der Waals surface area contributed by atoms with E-state index in [1.54, 1.807) is 6.07 Å². The van der Waals surface area contributed by atoms with Gasteiger partial charge in [-0.1, -0.05) is 30.3 Å². The van der Waals surface area contributed by atoms with Crippen LogP contribution < -0.4 is 5.73 Å². The Morgan fingerprint density at radius 3 is 2.52 bits per heavy atom. The van der Waals surface area contributed by atoms with Crippen LogP contribution in [0.2, 0.25) is 0 Å². The first-order chi connectivity index (χ1) is 11.8. The van der Waals surface area contributed by atoms with Crippen molar-refractivity contribution in [3.63, 3.8) is 0 Å². The van der Waals surface area contributed by atoms with Crippen molar-refractivity contribution < 1.29 is 19.0 Å². The predicted octanol–water partition coefficient (Wildman–Crippen LogP) is 3.24. The highest BCUT2D eigenvalue weighted by atomic mass is 79.9. The second kappa shape index (κ2) is 7.00. The fourth-order valence-electron chi connectivity index (χ4n) is 2.50. The van der Waals surface area contributed by atoms with Gasteiger partial charge in [-0.3, -0.25) is 4.57 Å². The molecule has 0 aliphatic heterocycles. The van der Waals surface area contributed by atoms with Crippen molar-refractivity contribution >= 4 is 38.5 Å². The summed E-state index contributed by atoms with van der Waals surface area (Å²) in [6.45, 7) is 0.349. The van der Waals surface area contributed by atoms with E-state index in [2.05, 4.69) is 20.9 Å². The molecule has 0 atom stereocenters. The molecular weight excluding hydrogens is 416 g/mol. The van der Waals surface area contributed by atoms with Crippen LogP contribution in [0.25, 0.3) is 16.5 Å². The third-order valence-electron chi connectivity index (χ3n) is 3.67. The fourth-order valence-corrected chi connectivity index (χ4v) is 3.82. The first-order valence-electron chi connectivity index (χ1n) is 7.22. The summed E-state index contributed by atoms with van der Waals surface area (Å²) in [5.74, 6) is 0. The van der Waals surface area contributed by atoms with Crippen LogP contribution >= 0.6 is 27.7 Å². The second-order valence-corrected chi connectivity index (χ2v) is 7.16. The zero-order valence-corrected chi connectivity index (χ0v) is 15.1. The Hall–Kier alpha value is -1.52. The molecule has 0 amide bonds. The minimum Gasteiger partial charge on any atom is -0.363 e. The van der Waals surface area contributed by atoms with E-state index in [-0.39, 0.29) is 16.9 Å². The molecule has 0 unspecified atom stereocenters. The van der Waals surface area contributed by atoms with Gasteiger partial charge in [-0.05, 0) is 44.7 Å². The number of imidazole rings is 1. The van der Waals surface area contributed by atoms with Crippen LogP contribution in [0.1, 0.15) is 5.56 Å². The summed E-state index contributed by atoms with van der Waals surface area (Å²) in [5, 5.41) is 15.6. The monoisotopic (exact) mass is 429 g/mol. The van der Waals surface area contributed by atoms with Crippen LogP contribution in [0, 0.1) is 0 Å². The molecule has 25 heavy (non-hydrogen) atoms. The van der Waals surface area contributed by atoms with E-state index < -0.39 is 11.5 Å². The number of hydrogen-bond donors (Lipinski definition) is 3. The molecule has 2 aromatic carbocycles. The van der Waals surface area contributed by atoms with Gasteiger partial charge in [-0.25, -0.2) is 4.98 Å². The minimum absolute atomic E-state index is 0.0214. The summed E-state index contributed by atoms with van der Waals surface area (Å²) in [5.41, 5.74) is 7.33.